The standard InChI is InChI=1S/C14H16N4O3/c1-9-6-16-10(7-15-9)8-18-12(20)14(4-2-3-5-14)11(19)17-13(18)21/h6-7H,2-5,8H2,1H3,(H,17,19,21). The number of imide groups is 2. The van der Waals surface area contributed by atoms with Crippen LogP contribution in [0.15, 0.2) is 12.4 Å². The first kappa shape index (κ1) is 13.7. The van der Waals surface area contributed by atoms with E-state index in [1.807, 2.05) is 6.92 Å². The van der Waals surface area contributed by atoms with Crippen molar-refractivity contribution < 1.29 is 14.4 Å². The topological polar surface area (TPSA) is 92.3 Å². The summed E-state index contributed by atoms with van der Waals surface area (Å²) >= 11 is 0. The summed E-state index contributed by atoms with van der Waals surface area (Å²) < 4.78 is 0. The van der Waals surface area contributed by atoms with Crippen molar-refractivity contribution in [3.05, 3.63) is 23.8 Å². The highest BCUT2D eigenvalue weighted by Gasteiger charge is 2.54. The first-order valence-corrected chi connectivity index (χ1v) is 6.98. The summed E-state index contributed by atoms with van der Waals surface area (Å²) in [7, 11) is 0. The molecule has 7 heteroatoms. The van der Waals surface area contributed by atoms with Crippen LogP contribution in [0, 0.1) is 12.3 Å². The van der Waals surface area contributed by atoms with E-state index in [1.54, 1.807) is 6.20 Å². The molecule has 0 bridgehead atoms. The van der Waals surface area contributed by atoms with E-state index in [2.05, 4.69) is 15.3 Å². The Kier molecular flexibility index (Phi) is 3.19. The number of nitrogens with one attached hydrogen (secondary N) is 1. The molecule has 110 valence electrons. The minimum atomic E-state index is -1.06. The number of hydrogen-bond donors (Lipinski definition) is 1. The number of hydrogen-bond acceptors (Lipinski definition) is 5. The molecule has 1 spiro atoms. The highest BCUT2D eigenvalue weighted by atomic mass is 16.2. The molecule has 4 amide bonds. The second-order valence-electron chi connectivity index (χ2n) is 5.59. The van der Waals surface area contributed by atoms with Crippen molar-refractivity contribution in [2.45, 2.75) is 39.2 Å². The van der Waals surface area contributed by atoms with Gasteiger partial charge >= 0.3 is 6.03 Å². The zero-order valence-corrected chi connectivity index (χ0v) is 11.8. The maximum absolute atomic E-state index is 12.6. The molecule has 1 saturated heterocycles. The van der Waals surface area contributed by atoms with Crippen LogP contribution in [0.2, 0.25) is 0 Å². The Morgan fingerprint density at radius 3 is 2.52 bits per heavy atom. The lowest BCUT2D eigenvalue weighted by Gasteiger charge is -2.36. The third-order valence-electron chi connectivity index (χ3n) is 4.17. The molecule has 21 heavy (non-hydrogen) atoms. The molecule has 2 heterocycles. The number of barbiturate groups is 1. The quantitative estimate of drug-likeness (QED) is 0.817. The number of nitrogens with zero attached hydrogens (tertiary/aromatic N) is 3. The summed E-state index contributed by atoms with van der Waals surface area (Å²) in [6.45, 7) is 1.84. The average Bonchev–Trinajstić information content (AvgIpc) is 2.95. The second kappa shape index (κ2) is 4.91. The Bertz CT molecular complexity index is 605. The molecule has 1 aromatic rings. The monoisotopic (exact) mass is 288 g/mol. The molecule has 0 aromatic carbocycles. The molecule has 1 aliphatic carbocycles. The van der Waals surface area contributed by atoms with Crippen LogP contribution in [0.25, 0.3) is 0 Å². The van der Waals surface area contributed by atoms with E-state index in [0.29, 0.717) is 18.5 Å². The first-order chi connectivity index (χ1) is 10.0. The number of aromatic nitrogens is 2. The molecule has 1 saturated carbocycles. The molecule has 0 radical (unpaired) electrons. The predicted molar refractivity (Wildman–Crippen MR) is 71.8 cm³/mol. The smallest absolute Gasteiger partial charge is 0.277 e. The SMILES string of the molecule is Cc1cnc(CN2C(=O)NC(=O)C3(CCCC3)C2=O)cn1. The predicted octanol–water partition coefficient (Wildman–Crippen LogP) is 0.924. The fourth-order valence-corrected chi connectivity index (χ4v) is 2.96. The van der Waals surface area contributed by atoms with Crippen molar-refractivity contribution in [1.82, 2.24) is 20.2 Å². The number of urea groups is 1. The van der Waals surface area contributed by atoms with Crippen LogP contribution in [0.5, 0.6) is 0 Å². The van der Waals surface area contributed by atoms with Gasteiger partial charge in [-0.25, -0.2) is 4.79 Å². The normalized spacial score (nSPS) is 21.0. The van der Waals surface area contributed by atoms with Gasteiger partial charge in [-0.2, -0.15) is 0 Å². The van der Waals surface area contributed by atoms with E-state index >= 15 is 0 Å². The van der Waals surface area contributed by atoms with Crippen molar-refractivity contribution in [3.63, 3.8) is 0 Å². The second-order valence-corrected chi connectivity index (χ2v) is 5.59. The van der Waals surface area contributed by atoms with Gasteiger partial charge in [-0.1, -0.05) is 12.8 Å². The van der Waals surface area contributed by atoms with E-state index in [9.17, 15) is 14.4 Å². The number of rotatable bonds is 2. The molecule has 3 rings (SSSR count). The molecular formula is C14H16N4O3. The van der Waals surface area contributed by atoms with Gasteiger partial charge in [0.1, 0.15) is 5.41 Å². The van der Waals surface area contributed by atoms with E-state index in [4.69, 9.17) is 0 Å². The Hall–Kier alpha value is -2.31. The molecule has 1 aliphatic heterocycles. The van der Waals surface area contributed by atoms with Gasteiger partial charge in [0.15, 0.2) is 0 Å². The van der Waals surface area contributed by atoms with Crippen LogP contribution >= 0.6 is 0 Å². The average molecular weight is 288 g/mol. The fraction of sp³-hybridized carbons (Fsp3) is 0.500. The summed E-state index contributed by atoms with van der Waals surface area (Å²) in [6, 6.07) is -0.676. The van der Waals surface area contributed by atoms with Gasteiger partial charge in [0.05, 0.1) is 24.1 Å². The highest BCUT2D eigenvalue weighted by molar-refractivity contribution is 6.19. The minimum Gasteiger partial charge on any atom is -0.277 e. The third kappa shape index (κ3) is 2.18. The Morgan fingerprint density at radius 1 is 1.19 bits per heavy atom. The first-order valence-electron chi connectivity index (χ1n) is 6.98. The number of carbonyl (C=O) groups is 3. The van der Waals surface area contributed by atoms with Gasteiger partial charge in [-0.3, -0.25) is 29.8 Å². The molecule has 0 unspecified atom stereocenters. The molecule has 2 aliphatic rings. The van der Waals surface area contributed by atoms with E-state index in [0.717, 1.165) is 23.4 Å². The maximum atomic E-state index is 12.6. The van der Waals surface area contributed by atoms with Crippen molar-refractivity contribution in [2.75, 3.05) is 0 Å². The van der Waals surface area contributed by atoms with Crippen molar-refractivity contribution >= 4 is 17.8 Å². The molecule has 0 atom stereocenters. The number of carbonyl (C=O) groups excluding carboxylic acids is 3. The van der Waals surface area contributed by atoms with Gasteiger partial charge in [0, 0.05) is 6.20 Å². The lowest BCUT2D eigenvalue weighted by molar-refractivity contribution is -0.151. The van der Waals surface area contributed by atoms with Gasteiger partial charge in [0.2, 0.25) is 11.8 Å². The lowest BCUT2D eigenvalue weighted by atomic mass is 9.82. The Labute approximate surface area is 121 Å². The zero-order chi connectivity index (χ0) is 15.0. The van der Waals surface area contributed by atoms with Crippen LogP contribution in [0.3, 0.4) is 0 Å². The van der Waals surface area contributed by atoms with Crippen molar-refractivity contribution in [2.24, 2.45) is 5.41 Å². The van der Waals surface area contributed by atoms with Gasteiger partial charge in [-0.15, -0.1) is 0 Å². The Balaban J connectivity index is 1.86. The van der Waals surface area contributed by atoms with Gasteiger partial charge in [-0.05, 0) is 19.8 Å². The largest absolute Gasteiger partial charge is 0.331 e. The Morgan fingerprint density at radius 2 is 1.90 bits per heavy atom. The summed E-state index contributed by atoms with van der Waals surface area (Å²) in [5.41, 5.74) is 0.216. The fourth-order valence-electron chi connectivity index (χ4n) is 2.96. The van der Waals surface area contributed by atoms with Gasteiger partial charge in [0.25, 0.3) is 0 Å². The molecule has 1 aromatic heterocycles. The van der Waals surface area contributed by atoms with E-state index in [1.165, 1.54) is 6.20 Å². The minimum absolute atomic E-state index is 0.0347. The van der Waals surface area contributed by atoms with Crippen LogP contribution in [-0.2, 0) is 16.1 Å². The summed E-state index contributed by atoms with van der Waals surface area (Å²) in [4.78, 5) is 46.0. The molecule has 1 N–H and O–H groups in total. The maximum Gasteiger partial charge on any atom is 0.331 e. The van der Waals surface area contributed by atoms with Crippen molar-refractivity contribution in [3.8, 4) is 0 Å². The van der Waals surface area contributed by atoms with E-state index in [-0.39, 0.29) is 6.54 Å². The third-order valence-corrected chi connectivity index (χ3v) is 4.17. The number of aryl methyl sites for hydroxylation is 1. The zero-order valence-electron chi connectivity index (χ0n) is 11.8. The lowest BCUT2D eigenvalue weighted by Crippen LogP contribution is -2.62. The summed E-state index contributed by atoms with van der Waals surface area (Å²) in [5.74, 6) is -0.864. The van der Waals surface area contributed by atoms with Crippen LogP contribution in [-0.4, -0.2) is 32.7 Å². The van der Waals surface area contributed by atoms with E-state index < -0.39 is 23.3 Å². The molecular weight excluding hydrogens is 272 g/mol. The van der Waals surface area contributed by atoms with Gasteiger partial charge < -0.3 is 0 Å². The summed E-state index contributed by atoms with van der Waals surface area (Å²) in [5, 5.41) is 2.30. The molecule has 7 nitrogen and oxygen atoms in total. The van der Waals surface area contributed by atoms with Crippen LogP contribution in [0.1, 0.15) is 37.1 Å². The van der Waals surface area contributed by atoms with Crippen LogP contribution < -0.4 is 5.32 Å². The highest BCUT2D eigenvalue weighted by Crippen LogP contribution is 2.41. The van der Waals surface area contributed by atoms with Crippen molar-refractivity contribution in [1.29, 1.82) is 0 Å². The number of amides is 4. The summed E-state index contributed by atoms with van der Waals surface area (Å²) in [6.07, 6.45) is 5.77. The molecule has 2 fully saturated rings. The van der Waals surface area contributed by atoms with Crippen LogP contribution in [0.4, 0.5) is 4.79 Å².